The molecule has 1 heterocycles. The van der Waals surface area contributed by atoms with Crippen LogP contribution in [0.4, 0.5) is 0 Å². The number of guanidine groups is 1. The Morgan fingerprint density at radius 2 is 2.12 bits per heavy atom. The van der Waals surface area contributed by atoms with E-state index < -0.39 is 0 Å². The van der Waals surface area contributed by atoms with Gasteiger partial charge in [0.2, 0.25) is 0 Å². The van der Waals surface area contributed by atoms with Gasteiger partial charge in [-0.2, -0.15) is 5.26 Å². The maximum absolute atomic E-state index is 8.84. The van der Waals surface area contributed by atoms with Crippen molar-refractivity contribution in [3.05, 3.63) is 35.4 Å². The predicted octanol–water partition coefficient (Wildman–Crippen LogP) is 1.58. The quantitative estimate of drug-likeness (QED) is 0.606. The van der Waals surface area contributed by atoms with Crippen LogP contribution in [0.3, 0.4) is 0 Å². The van der Waals surface area contributed by atoms with Crippen molar-refractivity contribution in [1.82, 2.24) is 15.5 Å². The van der Waals surface area contributed by atoms with Gasteiger partial charge in [0, 0.05) is 39.8 Å². The SMILES string of the molecule is CN=C(NCc1ccc(C#N)cc1)NCC1CN(CC(C)C)CCO1. The summed E-state index contributed by atoms with van der Waals surface area (Å²) in [4.78, 5) is 6.73. The second kappa shape index (κ2) is 10.0. The van der Waals surface area contributed by atoms with Gasteiger partial charge in [-0.25, -0.2) is 0 Å². The van der Waals surface area contributed by atoms with Crippen LogP contribution in [0.1, 0.15) is 25.0 Å². The number of nitriles is 1. The van der Waals surface area contributed by atoms with Crippen molar-refractivity contribution in [3.8, 4) is 6.07 Å². The van der Waals surface area contributed by atoms with Gasteiger partial charge in [-0.3, -0.25) is 9.89 Å². The second-order valence-electron chi connectivity index (χ2n) is 6.76. The summed E-state index contributed by atoms with van der Waals surface area (Å²) in [6.45, 7) is 9.77. The highest BCUT2D eigenvalue weighted by molar-refractivity contribution is 5.79. The fourth-order valence-corrected chi connectivity index (χ4v) is 2.90. The number of ether oxygens (including phenoxy) is 1. The Hall–Kier alpha value is -2.10. The molecule has 0 aromatic heterocycles. The second-order valence-corrected chi connectivity index (χ2v) is 6.76. The molecule has 0 aliphatic carbocycles. The summed E-state index contributed by atoms with van der Waals surface area (Å²) in [5.74, 6) is 1.43. The number of rotatable bonds is 6. The molecule has 1 aliphatic rings. The Morgan fingerprint density at radius 1 is 1.36 bits per heavy atom. The molecule has 1 fully saturated rings. The van der Waals surface area contributed by atoms with Crippen molar-refractivity contribution in [2.24, 2.45) is 10.9 Å². The minimum absolute atomic E-state index is 0.181. The maximum atomic E-state index is 8.84. The number of hydrogen-bond donors (Lipinski definition) is 2. The monoisotopic (exact) mass is 343 g/mol. The Morgan fingerprint density at radius 3 is 2.76 bits per heavy atom. The molecule has 25 heavy (non-hydrogen) atoms. The molecule has 1 atom stereocenters. The van der Waals surface area contributed by atoms with Crippen LogP contribution in [-0.4, -0.2) is 56.8 Å². The summed E-state index contributed by atoms with van der Waals surface area (Å²) in [5, 5.41) is 15.5. The van der Waals surface area contributed by atoms with Gasteiger partial charge in [0.05, 0.1) is 24.3 Å². The standard InChI is InChI=1S/C19H29N5O/c1-15(2)13-24-8-9-25-18(14-24)12-23-19(21-3)22-11-17-6-4-16(10-20)5-7-17/h4-7,15,18H,8-9,11-14H2,1-3H3,(H2,21,22,23). The molecule has 1 aromatic carbocycles. The van der Waals surface area contributed by atoms with Gasteiger partial charge in [-0.1, -0.05) is 26.0 Å². The minimum atomic E-state index is 0.181. The number of aliphatic imine (C=N–C) groups is 1. The maximum Gasteiger partial charge on any atom is 0.191 e. The highest BCUT2D eigenvalue weighted by Gasteiger charge is 2.20. The molecular formula is C19H29N5O. The average molecular weight is 343 g/mol. The van der Waals surface area contributed by atoms with Crippen molar-refractivity contribution in [3.63, 3.8) is 0 Å². The third-order valence-electron chi connectivity index (χ3n) is 4.11. The highest BCUT2D eigenvalue weighted by atomic mass is 16.5. The molecule has 2 rings (SSSR count). The summed E-state index contributed by atoms with van der Waals surface area (Å²) in [6.07, 6.45) is 0.181. The zero-order valence-electron chi connectivity index (χ0n) is 15.5. The summed E-state index contributed by atoms with van der Waals surface area (Å²) in [6, 6.07) is 9.68. The lowest BCUT2D eigenvalue weighted by molar-refractivity contribution is -0.0284. The number of nitrogens with zero attached hydrogens (tertiary/aromatic N) is 3. The number of benzene rings is 1. The van der Waals surface area contributed by atoms with E-state index in [9.17, 15) is 0 Å². The number of nitrogens with one attached hydrogen (secondary N) is 2. The van der Waals surface area contributed by atoms with Crippen LogP contribution < -0.4 is 10.6 Å². The molecule has 1 aromatic rings. The lowest BCUT2D eigenvalue weighted by Gasteiger charge is -2.34. The van der Waals surface area contributed by atoms with Gasteiger partial charge >= 0.3 is 0 Å². The van der Waals surface area contributed by atoms with Crippen molar-refractivity contribution < 1.29 is 4.74 Å². The van der Waals surface area contributed by atoms with Gasteiger partial charge in [-0.05, 0) is 23.6 Å². The van der Waals surface area contributed by atoms with E-state index >= 15 is 0 Å². The summed E-state index contributed by atoms with van der Waals surface area (Å²) < 4.78 is 5.86. The van der Waals surface area contributed by atoms with Crippen LogP contribution in [-0.2, 0) is 11.3 Å². The first-order valence-corrected chi connectivity index (χ1v) is 8.88. The molecule has 0 spiro atoms. The molecule has 136 valence electrons. The number of morpholine rings is 1. The molecule has 0 saturated carbocycles. The van der Waals surface area contributed by atoms with E-state index in [1.165, 1.54) is 0 Å². The van der Waals surface area contributed by atoms with E-state index in [1.807, 2.05) is 24.3 Å². The van der Waals surface area contributed by atoms with E-state index in [0.29, 0.717) is 18.0 Å². The lowest BCUT2D eigenvalue weighted by Crippen LogP contribution is -2.50. The van der Waals surface area contributed by atoms with Crippen LogP contribution in [0.15, 0.2) is 29.3 Å². The van der Waals surface area contributed by atoms with E-state index in [-0.39, 0.29) is 6.10 Å². The zero-order chi connectivity index (χ0) is 18.1. The van der Waals surface area contributed by atoms with Gasteiger partial charge in [0.1, 0.15) is 0 Å². The zero-order valence-corrected chi connectivity index (χ0v) is 15.5. The van der Waals surface area contributed by atoms with Crippen LogP contribution in [0, 0.1) is 17.2 Å². The van der Waals surface area contributed by atoms with Gasteiger partial charge in [0.25, 0.3) is 0 Å². The van der Waals surface area contributed by atoms with Crippen LogP contribution in [0.5, 0.6) is 0 Å². The van der Waals surface area contributed by atoms with Crippen LogP contribution >= 0.6 is 0 Å². The minimum Gasteiger partial charge on any atom is -0.374 e. The van der Waals surface area contributed by atoms with E-state index in [0.717, 1.165) is 44.3 Å². The molecule has 0 bridgehead atoms. The smallest absolute Gasteiger partial charge is 0.191 e. The van der Waals surface area contributed by atoms with Crippen molar-refractivity contribution >= 4 is 5.96 Å². The molecule has 6 nitrogen and oxygen atoms in total. The normalized spacial score (nSPS) is 18.8. The highest BCUT2D eigenvalue weighted by Crippen LogP contribution is 2.07. The first-order valence-electron chi connectivity index (χ1n) is 8.88. The van der Waals surface area contributed by atoms with E-state index in [2.05, 4.69) is 40.4 Å². The van der Waals surface area contributed by atoms with Gasteiger partial charge in [-0.15, -0.1) is 0 Å². The molecular weight excluding hydrogens is 314 g/mol. The Bertz CT molecular complexity index is 591. The third-order valence-corrected chi connectivity index (χ3v) is 4.11. The van der Waals surface area contributed by atoms with Crippen LogP contribution in [0.2, 0.25) is 0 Å². The van der Waals surface area contributed by atoms with E-state index in [4.69, 9.17) is 10.00 Å². The van der Waals surface area contributed by atoms with E-state index in [1.54, 1.807) is 7.05 Å². The molecule has 0 radical (unpaired) electrons. The summed E-state index contributed by atoms with van der Waals surface area (Å²) >= 11 is 0. The fraction of sp³-hybridized carbons (Fsp3) is 0.579. The van der Waals surface area contributed by atoms with Gasteiger partial charge < -0.3 is 15.4 Å². The number of hydrogen-bond acceptors (Lipinski definition) is 4. The molecule has 6 heteroatoms. The predicted molar refractivity (Wildman–Crippen MR) is 100 cm³/mol. The largest absolute Gasteiger partial charge is 0.374 e. The molecule has 0 amide bonds. The van der Waals surface area contributed by atoms with Gasteiger partial charge in [0.15, 0.2) is 5.96 Å². The molecule has 2 N–H and O–H groups in total. The molecule has 1 unspecified atom stereocenters. The topological polar surface area (TPSA) is 72.7 Å². The van der Waals surface area contributed by atoms with Crippen LogP contribution in [0.25, 0.3) is 0 Å². The molecule has 1 aliphatic heterocycles. The lowest BCUT2D eigenvalue weighted by atomic mass is 10.1. The summed E-state index contributed by atoms with van der Waals surface area (Å²) in [7, 11) is 1.76. The third kappa shape index (κ3) is 6.73. The average Bonchev–Trinajstić information content (AvgIpc) is 2.62. The van der Waals surface area contributed by atoms with Crippen molar-refractivity contribution in [2.75, 3.05) is 39.8 Å². The Kier molecular flexibility index (Phi) is 7.71. The fourth-order valence-electron chi connectivity index (χ4n) is 2.90. The first kappa shape index (κ1) is 19.2. The Balaban J connectivity index is 1.75. The summed E-state index contributed by atoms with van der Waals surface area (Å²) in [5.41, 5.74) is 1.78. The Labute approximate surface area is 150 Å². The van der Waals surface area contributed by atoms with Crippen molar-refractivity contribution in [2.45, 2.75) is 26.5 Å². The molecule has 1 saturated heterocycles. The van der Waals surface area contributed by atoms with Crippen molar-refractivity contribution in [1.29, 1.82) is 5.26 Å². The first-order chi connectivity index (χ1) is 12.1.